The van der Waals surface area contributed by atoms with Gasteiger partial charge in [-0.2, -0.15) is 0 Å². The molecule has 0 aliphatic heterocycles. The van der Waals surface area contributed by atoms with Crippen LogP contribution in [0.4, 0.5) is 11.6 Å². The Hall–Kier alpha value is -1.78. The Morgan fingerprint density at radius 1 is 1.53 bits per heavy atom. The van der Waals surface area contributed by atoms with E-state index in [1.165, 1.54) is 0 Å². The van der Waals surface area contributed by atoms with Crippen LogP contribution in [0.15, 0.2) is 18.2 Å². The third-order valence-electron chi connectivity index (χ3n) is 2.25. The third kappa shape index (κ3) is 4.30. The van der Waals surface area contributed by atoms with Crippen LogP contribution in [-0.2, 0) is 4.79 Å². The van der Waals surface area contributed by atoms with Gasteiger partial charge in [-0.1, -0.05) is 6.07 Å². The Morgan fingerprint density at radius 2 is 2.24 bits per heavy atom. The van der Waals surface area contributed by atoms with Crippen LogP contribution in [0.5, 0.6) is 0 Å². The van der Waals surface area contributed by atoms with Crippen molar-refractivity contribution < 1.29 is 4.79 Å². The van der Waals surface area contributed by atoms with E-state index >= 15 is 0 Å². The second-order valence-corrected chi connectivity index (χ2v) is 4.16. The smallest absolute Gasteiger partial charge is 0.239 e. The molecular formula is C12H20N4O. The topological polar surface area (TPSA) is 71.2 Å². The summed E-state index contributed by atoms with van der Waals surface area (Å²) in [5, 5.41) is 2.85. The highest BCUT2D eigenvalue weighted by Gasteiger charge is 2.11. The number of nitrogens with zero attached hydrogens (tertiary/aromatic N) is 2. The highest BCUT2D eigenvalue weighted by Crippen LogP contribution is 2.11. The van der Waals surface area contributed by atoms with E-state index in [0.29, 0.717) is 18.9 Å². The van der Waals surface area contributed by atoms with E-state index in [1.54, 1.807) is 6.07 Å². The molecule has 0 fully saturated rings. The number of anilines is 2. The summed E-state index contributed by atoms with van der Waals surface area (Å²) in [6.45, 7) is 6.86. The summed E-state index contributed by atoms with van der Waals surface area (Å²) in [6, 6.07) is 5.56. The predicted octanol–water partition coefficient (Wildman–Crippen LogP) is 1.01. The van der Waals surface area contributed by atoms with Crippen molar-refractivity contribution in [3.63, 3.8) is 0 Å². The van der Waals surface area contributed by atoms with Gasteiger partial charge in [0, 0.05) is 12.6 Å². The number of carbonyl (C=O) groups is 1. The van der Waals surface area contributed by atoms with Crippen molar-refractivity contribution in [1.82, 2.24) is 10.3 Å². The monoisotopic (exact) mass is 236 g/mol. The lowest BCUT2D eigenvalue weighted by atomic mass is 10.3. The molecule has 0 unspecified atom stereocenters. The van der Waals surface area contributed by atoms with Crippen LogP contribution in [0.2, 0.25) is 0 Å². The summed E-state index contributed by atoms with van der Waals surface area (Å²) in [5.41, 5.74) is 5.62. The van der Waals surface area contributed by atoms with Gasteiger partial charge >= 0.3 is 0 Å². The molecule has 94 valence electrons. The van der Waals surface area contributed by atoms with E-state index < -0.39 is 0 Å². The van der Waals surface area contributed by atoms with Crippen molar-refractivity contribution in [2.24, 2.45) is 0 Å². The first-order valence-corrected chi connectivity index (χ1v) is 5.79. The molecule has 1 heterocycles. The maximum Gasteiger partial charge on any atom is 0.239 e. The molecule has 5 heteroatoms. The molecule has 5 nitrogen and oxygen atoms in total. The lowest BCUT2D eigenvalue weighted by Crippen LogP contribution is -2.40. The van der Waals surface area contributed by atoms with E-state index in [1.807, 2.05) is 37.8 Å². The van der Waals surface area contributed by atoms with E-state index in [2.05, 4.69) is 10.3 Å². The summed E-state index contributed by atoms with van der Waals surface area (Å²) >= 11 is 0. The van der Waals surface area contributed by atoms with E-state index in [-0.39, 0.29) is 11.9 Å². The van der Waals surface area contributed by atoms with Gasteiger partial charge in [-0.15, -0.1) is 0 Å². The number of aromatic nitrogens is 1. The fraction of sp³-hybridized carbons (Fsp3) is 0.500. The Balaban J connectivity index is 2.69. The van der Waals surface area contributed by atoms with Crippen molar-refractivity contribution in [1.29, 1.82) is 0 Å². The van der Waals surface area contributed by atoms with Gasteiger partial charge in [-0.25, -0.2) is 4.98 Å². The zero-order chi connectivity index (χ0) is 12.8. The zero-order valence-electron chi connectivity index (χ0n) is 10.6. The summed E-state index contributed by atoms with van der Waals surface area (Å²) in [5.74, 6) is 1.18. The minimum atomic E-state index is -0.00826. The van der Waals surface area contributed by atoms with Crippen LogP contribution < -0.4 is 16.0 Å². The first kappa shape index (κ1) is 13.3. The molecule has 1 aromatic heterocycles. The largest absolute Gasteiger partial charge is 0.384 e. The van der Waals surface area contributed by atoms with E-state index in [4.69, 9.17) is 5.73 Å². The maximum absolute atomic E-state index is 11.7. The lowest BCUT2D eigenvalue weighted by Gasteiger charge is -2.22. The first-order valence-electron chi connectivity index (χ1n) is 5.79. The highest BCUT2D eigenvalue weighted by molar-refractivity contribution is 5.81. The molecule has 0 bridgehead atoms. The van der Waals surface area contributed by atoms with Gasteiger partial charge in [0.2, 0.25) is 5.91 Å². The van der Waals surface area contributed by atoms with Gasteiger partial charge in [0.25, 0.3) is 0 Å². The van der Waals surface area contributed by atoms with Crippen molar-refractivity contribution >= 4 is 17.5 Å². The Kier molecular flexibility index (Phi) is 4.75. The second kappa shape index (κ2) is 6.08. The molecule has 1 amide bonds. The second-order valence-electron chi connectivity index (χ2n) is 4.16. The van der Waals surface area contributed by atoms with Crippen molar-refractivity contribution in [2.75, 3.05) is 23.7 Å². The minimum absolute atomic E-state index is 0.00826. The van der Waals surface area contributed by atoms with Crippen molar-refractivity contribution in [3.05, 3.63) is 18.2 Å². The number of pyridine rings is 1. The average Bonchev–Trinajstić information content (AvgIpc) is 2.24. The van der Waals surface area contributed by atoms with Crippen LogP contribution >= 0.6 is 0 Å². The number of amides is 1. The molecule has 0 atom stereocenters. The normalized spacial score (nSPS) is 10.4. The fourth-order valence-electron chi connectivity index (χ4n) is 1.51. The Labute approximate surface area is 102 Å². The summed E-state index contributed by atoms with van der Waals surface area (Å²) in [4.78, 5) is 17.8. The number of nitrogens with two attached hydrogens (primary N) is 1. The maximum atomic E-state index is 11.7. The quantitative estimate of drug-likeness (QED) is 0.800. The molecule has 17 heavy (non-hydrogen) atoms. The number of hydrogen-bond acceptors (Lipinski definition) is 4. The molecule has 0 aromatic carbocycles. The van der Waals surface area contributed by atoms with Crippen molar-refractivity contribution in [3.8, 4) is 0 Å². The molecule has 0 spiro atoms. The Bertz CT molecular complexity index is 379. The van der Waals surface area contributed by atoms with Crippen LogP contribution in [0.3, 0.4) is 0 Å². The molecule has 3 N–H and O–H groups in total. The van der Waals surface area contributed by atoms with Crippen LogP contribution in [0.1, 0.15) is 20.8 Å². The number of rotatable bonds is 5. The number of nitrogen functional groups attached to an aromatic ring is 1. The van der Waals surface area contributed by atoms with E-state index in [9.17, 15) is 4.79 Å². The number of hydrogen-bond donors (Lipinski definition) is 2. The van der Waals surface area contributed by atoms with Gasteiger partial charge < -0.3 is 16.0 Å². The standard InChI is InChI=1S/C12H20N4O/c1-4-16(8-12(17)14-9(2)3)11-7-5-6-10(13)15-11/h5-7,9H,4,8H2,1-3H3,(H2,13,15)(H,14,17). The zero-order valence-corrected chi connectivity index (χ0v) is 10.6. The predicted molar refractivity (Wildman–Crippen MR) is 69.8 cm³/mol. The van der Waals surface area contributed by atoms with Crippen LogP contribution in [-0.4, -0.2) is 30.0 Å². The van der Waals surface area contributed by atoms with Gasteiger partial charge in [0.05, 0.1) is 6.54 Å². The van der Waals surface area contributed by atoms with Crippen LogP contribution in [0.25, 0.3) is 0 Å². The first-order chi connectivity index (χ1) is 8.02. The molecular weight excluding hydrogens is 216 g/mol. The van der Waals surface area contributed by atoms with Gasteiger partial charge in [-0.05, 0) is 32.9 Å². The molecule has 0 aliphatic rings. The van der Waals surface area contributed by atoms with Gasteiger partial charge in [0.15, 0.2) is 0 Å². The summed E-state index contributed by atoms with van der Waals surface area (Å²) < 4.78 is 0. The fourth-order valence-corrected chi connectivity index (χ4v) is 1.51. The van der Waals surface area contributed by atoms with Crippen LogP contribution in [0, 0.1) is 0 Å². The number of likely N-dealkylation sites (N-methyl/N-ethyl adjacent to an activating group) is 1. The molecule has 0 radical (unpaired) electrons. The molecule has 0 saturated carbocycles. The minimum Gasteiger partial charge on any atom is -0.384 e. The number of carbonyl (C=O) groups excluding carboxylic acids is 1. The van der Waals surface area contributed by atoms with E-state index in [0.717, 1.165) is 5.82 Å². The summed E-state index contributed by atoms with van der Waals surface area (Å²) in [6.07, 6.45) is 0. The lowest BCUT2D eigenvalue weighted by molar-refractivity contribution is -0.120. The van der Waals surface area contributed by atoms with Gasteiger partial charge in [-0.3, -0.25) is 4.79 Å². The highest BCUT2D eigenvalue weighted by atomic mass is 16.2. The SMILES string of the molecule is CCN(CC(=O)NC(C)C)c1cccc(N)n1. The number of nitrogens with one attached hydrogen (secondary N) is 1. The summed E-state index contributed by atoms with van der Waals surface area (Å²) in [7, 11) is 0. The molecule has 0 saturated heterocycles. The molecule has 1 aromatic rings. The van der Waals surface area contributed by atoms with Crippen molar-refractivity contribution in [2.45, 2.75) is 26.8 Å². The third-order valence-corrected chi connectivity index (χ3v) is 2.25. The Morgan fingerprint density at radius 3 is 2.76 bits per heavy atom. The van der Waals surface area contributed by atoms with Gasteiger partial charge in [0.1, 0.15) is 11.6 Å². The molecule has 0 aliphatic carbocycles. The average molecular weight is 236 g/mol. The molecule has 1 rings (SSSR count).